The van der Waals surface area contributed by atoms with E-state index < -0.39 is 10.5 Å². The van der Waals surface area contributed by atoms with Crippen molar-refractivity contribution in [2.75, 3.05) is 7.11 Å². The van der Waals surface area contributed by atoms with Gasteiger partial charge in [-0.2, -0.15) is 0 Å². The van der Waals surface area contributed by atoms with Gasteiger partial charge >= 0.3 is 18.0 Å². The van der Waals surface area contributed by atoms with Crippen LogP contribution in [0, 0.1) is 0 Å². The summed E-state index contributed by atoms with van der Waals surface area (Å²) in [5, 5.41) is -1.26. The highest BCUT2D eigenvalue weighted by Crippen LogP contribution is 2.26. The third kappa shape index (κ3) is 4.93. The van der Waals surface area contributed by atoms with Gasteiger partial charge in [0, 0.05) is 11.1 Å². The summed E-state index contributed by atoms with van der Waals surface area (Å²) in [6, 6.07) is 12.0. The molecule has 3 aromatic rings. The minimum absolute atomic E-state index is 0.0610. The second-order valence-corrected chi connectivity index (χ2v) is 5.88. The molecule has 0 radical (unpaired) electrons. The molecule has 142 valence electrons. The molecule has 0 fully saturated rings. The lowest BCUT2D eigenvalue weighted by atomic mass is 10.2. The van der Waals surface area contributed by atoms with Crippen molar-refractivity contribution in [3.63, 3.8) is 0 Å². The van der Waals surface area contributed by atoms with Crippen molar-refractivity contribution >= 4 is 33.7 Å². The monoisotopic (exact) mass is 419 g/mol. The molecule has 0 saturated heterocycles. The second kappa shape index (κ2) is 8.64. The Bertz CT molecular complexity index is 967. The number of carbonyl (C=O) groups excluding carboxylic acids is 2. The molecule has 28 heavy (non-hydrogen) atoms. The van der Waals surface area contributed by atoms with Gasteiger partial charge in [-0.25, -0.2) is 0 Å². The van der Waals surface area contributed by atoms with E-state index in [9.17, 15) is 9.59 Å². The van der Waals surface area contributed by atoms with Crippen LogP contribution >= 0.6 is 23.2 Å². The predicted molar refractivity (Wildman–Crippen MR) is 99.8 cm³/mol. The third-order valence-corrected chi connectivity index (χ3v) is 3.73. The van der Waals surface area contributed by atoms with Crippen LogP contribution in [-0.2, 0) is 0 Å². The molecule has 1 aromatic heterocycles. The summed E-state index contributed by atoms with van der Waals surface area (Å²) in [6.07, 6.45) is 0. The molecule has 0 aliphatic heterocycles. The molecule has 1 heterocycles. The fraction of sp³-hybridized carbons (Fsp3) is 0.0556. The van der Waals surface area contributed by atoms with Gasteiger partial charge in [-0.1, -0.05) is 12.1 Å². The fourth-order valence-corrected chi connectivity index (χ4v) is 2.31. The Kier molecular flexibility index (Phi) is 6.03. The third-order valence-electron chi connectivity index (χ3n) is 3.30. The highest BCUT2D eigenvalue weighted by molar-refractivity contribution is 6.68. The Morgan fingerprint density at radius 3 is 1.57 bits per heavy atom. The summed E-state index contributed by atoms with van der Waals surface area (Å²) < 4.78 is 16.1. The fourth-order valence-electron chi connectivity index (χ4n) is 2.08. The van der Waals surface area contributed by atoms with E-state index >= 15 is 0 Å². The Morgan fingerprint density at radius 1 is 0.750 bits per heavy atom. The predicted octanol–water partition coefficient (Wildman–Crippen LogP) is 4.22. The summed E-state index contributed by atoms with van der Waals surface area (Å²) >= 11 is 10.9. The molecule has 2 aromatic carbocycles. The molecule has 0 unspecified atom stereocenters. The number of halogens is 2. The van der Waals surface area contributed by atoms with Crippen LogP contribution in [0.15, 0.2) is 48.5 Å². The van der Waals surface area contributed by atoms with E-state index in [0.717, 1.165) is 0 Å². The lowest BCUT2D eigenvalue weighted by Crippen LogP contribution is -2.02. The molecule has 8 nitrogen and oxygen atoms in total. The number of ether oxygens (including phenoxy) is 3. The highest BCUT2D eigenvalue weighted by Gasteiger charge is 2.13. The van der Waals surface area contributed by atoms with E-state index in [4.69, 9.17) is 37.4 Å². The smallest absolute Gasteiger partial charge is 0.331 e. The molecule has 0 aliphatic carbocycles. The van der Waals surface area contributed by atoms with Gasteiger partial charge in [-0.3, -0.25) is 9.59 Å². The summed E-state index contributed by atoms with van der Waals surface area (Å²) in [6.45, 7) is 0. The van der Waals surface area contributed by atoms with Crippen molar-refractivity contribution in [1.29, 1.82) is 0 Å². The summed E-state index contributed by atoms with van der Waals surface area (Å²) in [5.41, 5.74) is 0.499. The lowest BCUT2D eigenvalue weighted by molar-refractivity contribution is 0.107. The molecule has 10 heteroatoms. The number of carbonyl (C=O) groups is 2. The van der Waals surface area contributed by atoms with Gasteiger partial charge in [0.05, 0.1) is 7.11 Å². The summed E-state index contributed by atoms with van der Waals surface area (Å²) in [7, 11) is 1.36. The maximum Gasteiger partial charge on any atom is 0.331 e. The molecular weight excluding hydrogens is 409 g/mol. The first-order chi connectivity index (χ1) is 13.4. The number of hydrogen-bond acceptors (Lipinski definition) is 8. The van der Waals surface area contributed by atoms with Gasteiger partial charge in [0.1, 0.15) is 11.5 Å². The van der Waals surface area contributed by atoms with Crippen LogP contribution < -0.4 is 14.2 Å². The van der Waals surface area contributed by atoms with Crippen LogP contribution in [0.3, 0.4) is 0 Å². The number of hydrogen-bond donors (Lipinski definition) is 0. The molecule has 0 amide bonds. The molecule has 0 atom stereocenters. The first-order valence-corrected chi connectivity index (χ1v) is 8.46. The lowest BCUT2D eigenvalue weighted by Gasteiger charge is -2.09. The van der Waals surface area contributed by atoms with Crippen molar-refractivity contribution in [3.8, 4) is 29.5 Å². The van der Waals surface area contributed by atoms with Crippen molar-refractivity contribution < 1.29 is 23.8 Å². The zero-order chi connectivity index (χ0) is 20.1. The normalized spacial score (nSPS) is 10.2. The van der Waals surface area contributed by atoms with Crippen molar-refractivity contribution in [2.24, 2.45) is 0 Å². The van der Waals surface area contributed by atoms with E-state index in [-0.39, 0.29) is 40.7 Å². The van der Waals surface area contributed by atoms with E-state index in [2.05, 4.69) is 15.0 Å². The van der Waals surface area contributed by atoms with Crippen LogP contribution in [0.2, 0.25) is 0 Å². The van der Waals surface area contributed by atoms with Gasteiger partial charge in [0.25, 0.3) is 10.5 Å². The molecule has 0 spiro atoms. The molecule has 0 bridgehead atoms. The van der Waals surface area contributed by atoms with Crippen molar-refractivity contribution in [2.45, 2.75) is 0 Å². The zero-order valence-corrected chi connectivity index (χ0v) is 15.8. The van der Waals surface area contributed by atoms with Gasteiger partial charge in [0.2, 0.25) is 0 Å². The topological polar surface area (TPSA) is 101 Å². The molecule has 0 saturated carbocycles. The van der Waals surface area contributed by atoms with E-state index in [1.54, 1.807) is 24.3 Å². The second-order valence-electron chi connectivity index (χ2n) is 5.19. The van der Waals surface area contributed by atoms with Gasteiger partial charge in [0.15, 0.2) is 0 Å². The van der Waals surface area contributed by atoms with E-state index in [1.807, 2.05) is 0 Å². The molecule has 0 N–H and O–H groups in total. The SMILES string of the molecule is COc1nc(Oc2cccc(C(=O)Cl)c2)nc(Oc2cccc(C(=O)Cl)c2)n1. The maximum atomic E-state index is 11.3. The standard InChI is InChI=1S/C18H11Cl2N3O5/c1-26-16-21-17(27-12-6-2-4-10(8-12)14(19)24)23-18(22-16)28-13-7-3-5-11(9-13)15(20)25/h2-9H,1H3. The van der Waals surface area contributed by atoms with Gasteiger partial charge in [-0.15, -0.1) is 15.0 Å². The minimum Gasteiger partial charge on any atom is -0.467 e. The van der Waals surface area contributed by atoms with E-state index in [0.29, 0.717) is 0 Å². The zero-order valence-electron chi connectivity index (χ0n) is 14.3. The average molecular weight is 420 g/mol. The number of aromatic nitrogens is 3. The van der Waals surface area contributed by atoms with Gasteiger partial charge < -0.3 is 14.2 Å². The van der Waals surface area contributed by atoms with Crippen LogP contribution in [0.1, 0.15) is 20.7 Å². The Hall–Kier alpha value is -3.23. The maximum absolute atomic E-state index is 11.3. The number of rotatable bonds is 7. The summed E-state index contributed by atoms with van der Waals surface area (Å²) in [5.74, 6) is 0.556. The Balaban J connectivity index is 1.88. The van der Waals surface area contributed by atoms with Crippen LogP contribution in [0.4, 0.5) is 0 Å². The van der Waals surface area contributed by atoms with Crippen LogP contribution in [0.25, 0.3) is 0 Å². The number of nitrogens with zero attached hydrogens (tertiary/aromatic N) is 3. The summed E-state index contributed by atoms with van der Waals surface area (Å²) in [4.78, 5) is 34.5. The number of benzene rings is 2. The van der Waals surface area contributed by atoms with Crippen LogP contribution in [0.5, 0.6) is 29.5 Å². The highest BCUT2D eigenvalue weighted by atomic mass is 35.5. The van der Waals surface area contributed by atoms with E-state index in [1.165, 1.54) is 31.4 Å². The van der Waals surface area contributed by atoms with Crippen molar-refractivity contribution in [3.05, 3.63) is 59.7 Å². The average Bonchev–Trinajstić information content (AvgIpc) is 2.68. The quantitative estimate of drug-likeness (QED) is 0.524. The largest absolute Gasteiger partial charge is 0.467 e. The number of methoxy groups -OCH3 is 1. The van der Waals surface area contributed by atoms with Crippen molar-refractivity contribution in [1.82, 2.24) is 15.0 Å². The first-order valence-electron chi connectivity index (χ1n) is 7.70. The van der Waals surface area contributed by atoms with Crippen LogP contribution in [-0.4, -0.2) is 32.5 Å². The molecule has 0 aliphatic rings. The minimum atomic E-state index is -0.628. The first kappa shape index (κ1) is 19.5. The Labute approximate surface area is 169 Å². The molecular formula is C18H11Cl2N3O5. The molecule has 3 rings (SSSR count). The van der Waals surface area contributed by atoms with Gasteiger partial charge in [-0.05, 0) is 59.6 Å². The Morgan fingerprint density at radius 2 is 1.18 bits per heavy atom.